The van der Waals surface area contributed by atoms with E-state index in [1.165, 1.54) is 11.1 Å². The van der Waals surface area contributed by atoms with Crippen LogP contribution in [0.3, 0.4) is 0 Å². The molecule has 2 rings (SSSR count). The van der Waals surface area contributed by atoms with Gasteiger partial charge < -0.3 is 10.7 Å². The predicted molar refractivity (Wildman–Crippen MR) is 65.8 cm³/mol. The van der Waals surface area contributed by atoms with Crippen molar-refractivity contribution in [3.05, 3.63) is 58.3 Å². The van der Waals surface area contributed by atoms with Gasteiger partial charge >= 0.3 is 0 Å². The summed E-state index contributed by atoms with van der Waals surface area (Å²) in [6.45, 7) is 0.619. The zero-order valence-corrected chi connectivity index (χ0v) is 9.87. The summed E-state index contributed by atoms with van der Waals surface area (Å²) in [5.41, 5.74) is 8.29. The van der Waals surface area contributed by atoms with Gasteiger partial charge in [-0.05, 0) is 29.3 Å². The van der Waals surface area contributed by atoms with Crippen molar-refractivity contribution in [1.82, 2.24) is 4.98 Å². The lowest BCUT2D eigenvalue weighted by Gasteiger charge is -2.13. The van der Waals surface area contributed by atoms with Crippen LogP contribution in [0.1, 0.15) is 17.0 Å². The van der Waals surface area contributed by atoms with Crippen molar-refractivity contribution in [2.75, 3.05) is 6.54 Å². The van der Waals surface area contributed by atoms with E-state index in [1.54, 1.807) is 0 Å². The normalized spacial score (nSPS) is 12.7. The molecule has 0 aliphatic rings. The number of H-pyrrole nitrogens is 1. The van der Waals surface area contributed by atoms with Crippen molar-refractivity contribution in [2.24, 2.45) is 5.73 Å². The molecule has 0 fully saturated rings. The summed E-state index contributed by atoms with van der Waals surface area (Å²) in [4.78, 5) is 3.06. The van der Waals surface area contributed by atoms with Crippen molar-refractivity contribution in [3.8, 4) is 0 Å². The molecule has 0 amide bonds. The summed E-state index contributed by atoms with van der Waals surface area (Å²) in [5.74, 6) is 0.272. The quantitative estimate of drug-likeness (QED) is 0.880. The number of rotatable bonds is 3. The highest BCUT2D eigenvalue weighted by Gasteiger charge is 2.12. The Morgan fingerprint density at radius 1 is 1.27 bits per heavy atom. The highest BCUT2D eigenvalue weighted by molar-refractivity contribution is 9.10. The molecule has 0 aliphatic carbocycles. The van der Waals surface area contributed by atoms with Crippen molar-refractivity contribution < 1.29 is 0 Å². The van der Waals surface area contributed by atoms with Gasteiger partial charge in [0.25, 0.3) is 0 Å². The molecular formula is C12H13BrN2. The Morgan fingerprint density at radius 3 is 2.73 bits per heavy atom. The standard InChI is InChI=1S/C12H13BrN2/c13-11-3-1-2-9(6-11)12(7-14)10-4-5-15-8-10/h1-6,8,12,15H,7,14H2. The van der Waals surface area contributed by atoms with E-state index < -0.39 is 0 Å². The zero-order valence-electron chi connectivity index (χ0n) is 8.28. The number of hydrogen-bond donors (Lipinski definition) is 2. The van der Waals surface area contributed by atoms with Crippen LogP contribution >= 0.6 is 15.9 Å². The molecule has 1 aromatic heterocycles. The molecule has 0 saturated heterocycles. The van der Waals surface area contributed by atoms with Gasteiger partial charge in [-0.3, -0.25) is 0 Å². The minimum Gasteiger partial charge on any atom is -0.367 e. The molecule has 0 aliphatic heterocycles. The largest absolute Gasteiger partial charge is 0.367 e. The SMILES string of the molecule is NCC(c1cc[nH]c1)c1cccc(Br)c1. The average molecular weight is 265 g/mol. The fourth-order valence-corrected chi connectivity index (χ4v) is 2.16. The van der Waals surface area contributed by atoms with Crippen LogP contribution in [-0.4, -0.2) is 11.5 Å². The molecule has 2 nitrogen and oxygen atoms in total. The van der Waals surface area contributed by atoms with Gasteiger partial charge in [-0.25, -0.2) is 0 Å². The maximum atomic E-state index is 5.82. The number of benzene rings is 1. The first-order valence-electron chi connectivity index (χ1n) is 4.89. The molecule has 1 unspecified atom stereocenters. The smallest absolute Gasteiger partial charge is 0.0227 e. The number of hydrogen-bond acceptors (Lipinski definition) is 1. The van der Waals surface area contributed by atoms with E-state index in [4.69, 9.17) is 5.73 Å². The van der Waals surface area contributed by atoms with E-state index in [2.05, 4.69) is 39.1 Å². The Morgan fingerprint density at radius 2 is 2.13 bits per heavy atom. The Hall–Kier alpha value is -1.06. The number of nitrogens with two attached hydrogens (primary N) is 1. The molecule has 0 bridgehead atoms. The fourth-order valence-electron chi connectivity index (χ4n) is 1.74. The molecule has 1 aromatic carbocycles. The molecule has 0 saturated carbocycles. The third-order valence-corrected chi connectivity index (χ3v) is 3.00. The second-order valence-corrected chi connectivity index (χ2v) is 4.40. The molecule has 0 spiro atoms. The first kappa shape index (κ1) is 10.5. The summed E-state index contributed by atoms with van der Waals surface area (Å²) in [6, 6.07) is 10.3. The molecule has 3 N–H and O–H groups in total. The summed E-state index contributed by atoms with van der Waals surface area (Å²) in [6.07, 6.45) is 3.93. The molecule has 78 valence electrons. The van der Waals surface area contributed by atoms with E-state index >= 15 is 0 Å². The molecule has 1 atom stereocenters. The van der Waals surface area contributed by atoms with E-state index in [1.807, 2.05) is 24.5 Å². The summed E-state index contributed by atoms with van der Waals surface area (Å²) >= 11 is 3.47. The van der Waals surface area contributed by atoms with Gasteiger partial charge in [0.15, 0.2) is 0 Å². The van der Waals surface area contributed by atoms with E-state index in [0.29, 0.717) is 6.54 Å². The Kier molecular flexibility index (Phi) is 3.23. The molecule has 3 heteroatoms. The van der Waals surface area contributed by atoms with Crippen LogP contribution in [0.5, 0.6) is 0 Å². The van der Waals surface area contributed by atoms with Gasteiger partial charge in [0.1, 0.15) is 0 Å². The van der Waals surface area contributed by atoms with Crippen LogP contribution in [0.25, 0.3) is 0 Å². The van der Waals surface area contributed by atoms with E-state index in [0.717, 1.165) is 4.47 Å². The van der Waals surface area contributed by atoms with Crippen LogP contribution < -0.4 is 5.73 Å². The second kappa shape index (κ2) is 4.64. The van der Waals surface area contributed by atoms with Crippen molar-refractivity contribution >= 4 is 15.9 Å². The topological polar surface area (TPSA) is 41.8 Å². The maximum absolute atomic E-state index is 5.82. The second-order valence-electron chi connectivity index (χ2n) is 3.49. The monoisotopic (exact) mass is 264 g/mol. The van der Waals surface area contributed by atoms with Gasteiger partial charge in [-0.1, -0.05) is 28.1 Å². The molecule has 2 aromatic rings. The molecule has 15 heavy (non-hydrogen) atoms. The average Bonchev–Trinajstić information content (AvgIpc) is 2.72. The summed E-state index contributed by atoms with van der Waals surface area (Å²) in [7, 11) is 0. The molecule has 1 heterocycles. The predicted octanol–water partition coefficient (Wildman–Crippen LogP) is 2.87. The number of nitrogens with one attached hydrogen (secondary N) is 1. The third kappa shape index (κ3) is 2.30. The van der Waals surface area contributed by atoms with Crippen LogP contribution in [0, 0.1) is 0 Å². The minimum absolute atomic E-state index is 0.272. The van der Waals surface area contributed by atoms with Gasteiger partial charge in [-0.15, -0.1) is 0 Å². The third-order valence-electron chi connectivity index (χ3n) is 2.51. The van der Waals surface area contributed by atoms with Gasteiger partial charge in [0, 0.05) is 29.3 Å². The highest BCUT2D eigenvalue weighted by atomic mass is 79.9. The first-order chi connectivity index (χ1) is 7.31. The summed E-state index contributed by atoms with van der Waals surface area (Å²) in [5, 5.41) is 0. The maximum Gasteiger partial charge on any atom is 0.0227 e. The van der Waals surface area contributed by atoms with Gasteiger partial charge in [-0.2, -0.15) is 0 Å². The Bertz CT molecular complexity index is 423. The fraction of sp³-hybridized carbons (Fsp3) is 0.167. The van der Waals surface area contributed by atoms with E-state index in [9.17, 15) is 0 Å². The number of aromatic nitrogens is 1. The lowest BCUT2D eigenvalue weighted by Crippen LogP contribution is -2.13. The number of aromatic amines is 1. The van der Waals surface area contributed by atoms with E-state index in [-0.39, 0.29) is 5.92 Å². The summed E-state index contributed by atoms with van der Waals surface area (Å²) < 4.78 is 1.09. The number of halogens is 1. The van der Waals surface area contributed by atoms with Crippen molar-refractivity contribution in [3.63, 3.8) is 0 Å². The van der Waals surface area contributed by atoms with Crippen LogP contribution in [0.2, 0.25) is 0 Å². The Balaban J connectivity index is 2.35. The van der Waals surface area contributed by atoms with Crippen LogP contribution in [0.4, 0.5) is 0 Å². The highest BCUT2D eigenvalue weighted by Crippen LogP contribution is 2.25. The van der Waals surface area contributed by atoms with Crippen LogP contribution in [0.15, 0.2) is 47.2 Å². The Labute approximate surface area is 97.6 Å². The van der Waals surface area contributed by atoms with Gasteiger partial charge in [0.05, 0.1) is 0 Å². The lowest BCUT2D eigenvalue weighted by atomic mass is 9.93. The molecular weight excluding hydrogens is 252 g/mol. The first-order valence-corrected chi connectivity index (χ1v) is 5.69. The van der Waals surface area contributed by atoms with Crippen molar-refractivity contribution in [2.45, 2.75) is 5.92 Å². The zero-order chi connectivity index (χ0) is 10.7. The molecule has 0 radical (unpaired) electrons. The van der Waals surface area contributed by atoms with Crippen LogP contribution in [-0.2, 0) is 0 Å². The minimum atomic E-state index is 0.272. The van der Waals surface area contributed by atoms with Crippen molar-refractivity contribution in [1.29, 1.82) is 0 Å². The lowest BCUT2D eigenvalue weighted by molar-refractivity contribution is 0.820. The van der Waals surface area contributed by atoms with Gasteiger partial charge in [0.2, 0.25) is 0 Å².